The van der Waals surface area contributed by atoms with E-state index in [4.69, 9.17) is 18.8 Å². The van der Waals surface area contributed by atoms with E-state index in [0.717, 1.165) is 22.3 Å². The highest BCUT2D eigenvalue weighted by atomic mass is 16.7. The Hall–Kier alpha value is -4.26. The number of carbonyl (C=O) groups is 1. The summed E-state index contributed by atoms with van der Waals surface area (Å²) in [7, 11) is 0.599. The van der Waals surface area contributed by atoms with Crippen LogP contribution in [0, 0.1) is 11.3 Å². The standard InChI is InChI=1S/C32H33BN2O6/c1-31(2)32(3,4)41-33(40-31)22(16-21-14-20(17-34)15-28(38-5)29(21)36)18-35-30(37)39-19-27-25-12-8-6-10-23(25)24-11-7-9-13-26(24)27/h6-16,27,36H,18-19H2,1-5H3,(H,35,37). The Balaban J connectivity index is 1.36. The zero-order valence-electron chi connectivity index (χ0n) is 23.9. The molecule has 41 heavy (non-hydrogen) atoms. The average molecular weight is 552 g/mol. The van der Waals surface area contributed by atoms with Crippen LogP contribution >= 0.6 is 0 Å². The first-order chi connectivity index (χ1) is 19.5. The van der Waals surface area contributed by atoms with Gasteiger partial charge in [-0.15, -0.1) is 0 Å². The van der Waals surface area contributed by atoms with Crippen molar-refractivity contribution in [2.24, 2.45) is 0 Å². The minimum absolute atomic E-state index is 0.0199. The third-order valence-corrected chi connectivity index (χ3v) is 8.13. The number of phenols is 1. The molecule has 3 aromatic carbocycles. The molecule has 1 fully saturated rings. The Morgan fingerprint density at radius 3 is 2.20 bits per heavy atom. The number of nitrogens with zero attached hydrogens (tertiary/aromatic N) is 1. The molecule has 1 heterocycles. The predicted molar refractivity (Wildman–Crippen MR) is 157 cm³/mol. The number of fused-ring (bicyclic) bond motifs is 3. The van der Waals surface area contributed by atoms with Crippen molar-refractivity contribution in [1.82, 2.24) is 5.32 Å². The van der Waals surface area contributed by atoms with E-state index < -0.39 is 24.4 Å². The van der Waals surface area contributed by atoms with E-state index in [9.17, 15) is 15.2 Å². The van der Waals surface area contributed by atoms with E-state index in [1.54, 1.807) is 6.08 Å². The Kier molecular flexibility index (Phi) is 7.56. The number of benzene rings is 3. The van der Waals surface area contributed by atoms with Crippen molar-refractivity contribution in [2.75, 3.05) is 20.3 Å². The van der Waals surface area contributed by atoms with E-state index in [2.05, 4.69) is 35.7 Å². The molecular formula is C32H33BN2O6. The maximum atomic E-state index is 13.0. The largest absolute Gasteiger partial charge is 0.504 e. The number of nitriles is 1. The summed E-state index contributed by atoms with van der Waals surface area (Å²) in [5, 5.41) is 23.1. The highest BCUT2D eigenvalue weighted by Gasteiger charge is 2.52. The number of carbonyl (C=O) groups excluding carboxylic acids is 1. The second-order valence-corrected chi connectivity index (χ2v) is 11.2. The molecular weight excluding hydrogens is 519 g/mol. The summed E-state index contributed by atoms with van der Waals surface area (Å²) in [4.78, 5) is 13.0. The van der Waals surface area contributed by atoms with Crippen LogP contribution in [0.4, 0.5) is 4.79 Å². The van der Waals surface area contributed by atoms with Crippen LogP contribution in [0.15, 0.2) is 66.1 Å². The van der Waals surface area contributed by atoms with Gasteiger partial charge in [0.1, 0.15) is 6.61 Å². The Bertz CT molecular complexity index is 1500. The fraction of sp³-hybridized carbons (Fsp3) is 0.312. The molecule has 0 saturated carbocycles. The quantitative estimate of drug-likeness (QED) is 0.355. The summed E-state index contributed by atoms with van der Waals surface area (Å²) in [5.74, 6) is -0.0425. The molecule has 5 rings (SSSR count). The maximum absolute atomic E-state index is 13.0. The number of aromatic hydroxyl groups is 1. The molecule has 0 bridgehead atoms. The van der Waals surface area contributed by atoms with Crippen LogP contribution in [0.1, 0.15) is 55.9 Å². The first-order valence-electron chi connectivity index (χ1n) is 13.5. The molecule has 3 aromatic rings. The first kappa shape index (κ1) is 28.3. The lowest BCUT2D eigenvalue weighted by Gasteiger charge is -2.32. The second kappa shape index (κ2) is 11.0. The molecule has 1 aliphatic heterocycles. The topological polar surface area (TPSA) is 110 Å². The van der Waals surface area contributed by atoms with Crippen molar-refractivity contribution in [3.63, 3.8) is 0 Å². The first-order valence-corrected chi connectivity index (χ1v) is 13.5. The van der Waals surface area contributed by atoms with Crippen molar-refractivity contribution in [2.45, 2.75) is 44.8 Å². The van der Waals surface area contributed by atoms with Crippen LogP contribution in [0.2, 0.25) is 0 Å². The SMILES string of the molecule is COc1cc(C#N)cc(C=C(CNC(=O)OCC2c3ccccc3-c3ccccc32)B2OC(C)(C)C(C)(C)O2)c1O. The molecule has 0 unspecified atom stereocenters. The average Bonchev–Trinajstić information content (AvgIpc) is 3.39. The van der Waals surface area contributed by atoms with E-state index in [-0.39, 0.29) is 30.6 Å². The molecule has 0 radical (unpaired) electrons. The van der Waals surface area contributed by atoms with Crippen molar-refractivity contribution >= 4 is 19.3 Å². The van der Waals surface area contributed by atoms with Gasteiger partial charge in [0.2, 0.25) is 0 Å². The van der Waals surface area contributed by atoms with Gasteiger partial charge >= 0.3 is 13.2 Å². The van der Waals surface area contributed by atoms with Crippen LogP contribution in [-0.4, -0.2) is 49.8 Å². The van der Waals surface area contributed by atoms with Gasteiger partial charge in [-0.1, -0.05) is 54.6 Å². The minimum atomic E-state index is -0.815. The van der Waals surface area contributed by atoms with E-state index in [1.807, 2.05) is 52.0 Å². The van der Waals surface area contributed by atoms with Gasteiger partial charge in [-0.05, 0) is 61.5 Å². The summed E-state index contributed by atoms with van der Waals surface area (Å²) in [6.45, 7) is 7.92. The number of hydrogen-bond donors (Lipinski definition) is 2. The smallest absolute Gasteiger partial charge is 0.492 e. The lowest BCUT2D eigenvalue weighted by atomic mass is 9.76. The number of hydrogen-bond acceptors (Lipinski definition) is 7. The van der Waals surface area contributed by atoms with Gasteiger partial charge in [-0.3, -0.25) is 0 Å². The van der Waals surface area contributed by atoms with Gasteiger partial charge in [-0.2, -0.15) is 5.26 Å². The van der Waals surface area contributed by atoms with Crippen LogP contribution in [0.25, 0.3) is 17.2 Å². The van der Waals surface area contributed by atoms with E-state index in [0.29, 0.717) is 16.6 Å². The molecule has 210 valence electrons. The second-order valence-electron chi connectivity index (χ2n) is 11.2. The highest BCUT2D eigenvalue weighted by molar-refractivity contribution is 6.56. The van der Waals surface area contributed by atoms with Gasteiger partial charge in [-0.25, -0.2) is 4.79 Å². The van der Waals surface area contributed by atoms with Crippen molar-refractivity contribution in [3.05, 3.63) is 88.4 Å². The Morgan fingerprint density at radius 1 is 1.05 bits per heavy atom. The summed E-state index contributed by atoms with van der Waals surface area (Å²) < 4.78 is 23.4. The Labute approximate surface area is 240 Å². The number of phenolic OH excluding ortho intramolecular Hbond substituents is 1. The minimum Gasteiger partial charge on any atom is -0.504 e. The molecule has 1 saturated heterocycles. The monoisotopic (exact) mass is 552 g/mol. The zero-order valence-corrected chi connectivity index (χ0v) is 23.9. The van der Waals surface area contributed by atoms with E-state index in [1.165, 1.54) is 19.2 Å². The van der Waals surface area contributed by atoms with Gasteiger partial charge in [0.15, 0.2) is 11.5 Å². The molecule has 0 atom stereocenters. The van der Waals surface area contributed by atoms with Crippen molar-refractivity contribution < 1.29 is 28.7 Å². The van der Waals surface area contributed by atoms with Gasteiger partial charge < -0.3 is 29.2 Å². The fourth-order valence-corrected chi connectivity index (χ4v) is 5.18. The maximum Gasteiger partial charge on any atom is 0.492 e. The normalized spacial score (nSPS) is 17.0. The number of amides is 1. The van der Waals surface area contributed by atoms with Crippen LogP contribution < -0.4 is 10.1 Å². The number of rotatable bonds is 7. The summed E-state index contributed by atoms with van der Waals surface area (Å²) in [6.07, 6.45) is 1.05. The lowest BCUT2D eigenvalue weighted by molar-refractivity contribution is 0.00578. The molecule has 1 amide bonds. The van der Waals surface area contributed by atoms with Crippen molar-refractivity contribution in [3.8, 4) is 28.7 Å². The predicted octanol–water partition coefficient (Wildman–Crippen LogP) is 5.83. The molecule has 9 heteroatoms. The molecule has 2 N–H and O–H groups in total. The van der Waals surface area contributed by atoms with Gasteiger partial charge in [0.05, 0.1) is 29.9 Å². The number of methoxy groups -OCH3 is 1. The zero-order chi connectivity index (χ0) is 29.4. The van der Waals surface area contributed by atoms with Gasteiger partial charge in [0, 0.05) is 24.1 Å². The van der Waals surface area contributed by atoms with Crippen LogP contribution in [0.5, 0.6) is 11.5 Å². The molecule has 0 aromatic heterocycles. The number of ether oxygens (including phenoxy) is 2. The van der Waals surface area contributed by atoms with E-state index >= 15 is 0 Å². The van der Waals surface area contributed by atoms with Crippen LogP contribution in [0.3, 0.4) is 0 Å². The lowest BCUT2D eigenvalue weighted by Crippen LogP contribution is -2.41. The van der Waals surface area contributed by atoms with Crippen molar-refractivity contribution in [1.29, 1.82) is 5.26 Å². The fourth-order valence-electron chi connectivity index (χ4n) is 5.18. The molecule has 8 nitrogen and oxygen atoms in total. The third-order valence-electron chi connectivity index (χ3n) is 8.13. The van der Waals surface area contributed by atoms with Gasteiger partial charge in [0.25, 0.3) is 0 Å². The summed E-state index contributed by atoms with van der Waals surface area (Å²) in [6, 6.07) is 21.4. The molecule has 1 aliphatic carbocycles. The third kappa shape index (κ3) is 5.41. The molecule has 0 spiro atoms. The summed E-state index contributed by atoms with van der Waals surface area (Å²) >= 11 is 0. The highest BCUT2D eigenvalue weighted by Crippen LogP contribution is 2.44. The number of alkyl carbamates (subject to hydrolysis) is 1. The van der Waals surface area contributed by atoms with Crippen LogP contribution in [-0.2, 0) is 14.0 Å². The Morgan fingerprint density at radius 2 is 1.63 bits per heavy atom. The number of nitrogens with one attached hydrogen (secondary N) is 1. The molecule has 2 aliphatic rings. The summed E-state index contributed by atoms with van der Waals surface area (Å²) in [5.41, 5.74) is 4.47.